The van der Waals surface area contributed by atoms with Crippen LogP contribution in [0.25, 0.3) is 28.1 Å². The molecule has 188 valence electrons. The highest BCUT2D eigenvalue weighted by Crippen LogP contribution is 2.44. The van der Waals surface area contributed by atoms with E-state index in [1.165, 1.54) is 12.4 Å². The Labute approximate surface area is 212 Å². The number of benzene rings is 1. The molecule has 0 N–H and O–H groups in total. The summed E-state index contributed by atoms with van der Waals surface area (Å²) in [6.07, 6.45) is 7.10. The number of anilines is 1. The first-order valence-corrected chi connectivity index (χ1v) is 12.0. The zero-order valence-corrected chi connectivity index (χ0v) is 21.1. The Hall–Kier alpha value is -4.41. The zero-order valence-electron chi connectivity index (χ0n) is 21.1. The van der Waals surface area contributed by atoms with Crippen LogP contribution >= 0.6 is 0 Å². The van der Waals surface area contributed by atoms with E-state index in [2.05, 4.69) is 25.1 Å². The number of nitrogens with zero attached hydrogens (tertiary/aromatic N) is 9. The van der Waals surface area contributed by atoms with Crippen LogP contribution in [0.1, 0.15) is 35.7 Å². The molecule has 0 bridgehead atoms. The van der Waals surface area contributed by atoms with E-state index in [1.54, 1.807) is 34.9 Å². The number of methoxy groups -OCH3 is 1. The number of rotatable bonds is 7. The van der Waals surface area contributed by atoms with E-state index >= 15 is 4.39 Å². The quantitative estimate of drug-likeness (QED) is 0.332. The molecule has 10 nitrogen and oxygen atoms in total. The number of hydrogen-bond donors (Lipinski definition) is 0. The first-order valence-electron chi connectivity index (χ1n) is 12.0. The Morgan fingerprint density at radius 1 is 1.11 bits per heavy atom. The molecule has 0 saturated heterocycles. The third-order valence-electron chi connectivity index (χ3n) is 6.44. The number of fused-ring (bicyclic) bond motifs is 1. The van der Waals surface area contributed by atoms with Gasteiger partial charge in [0.2, 0.25) is 5.88 Å². The van der Waals surface area contributed by atoms with Gasteiger partial charge in [0.05, 0.1) is 36.6 Å². The average Bonchev–Trinajstić information content (AvgIpc) is 3.56. The normalized spacial score (nSPS) is 13.3. The molecule has 6 rings (SSSR count). The molecular weight excluding hydrogens is 473 g/mol. The van der Waals surface area contributed by atoms with Crippen LogP contribution in [0.15, 0.2) is 43.0 Å². The lowest BCUT2D eigenvalue weighted by Gasteiger charge is -2.15. The van der Waals surface area contributed by atoms with Gasteiger partial charge in [0.15, 0.2) is 11.5 Å². The molecule has 5 aromatic rings. The minimum Gasteiger partial charge on any atom is -0.480 e. The topological polar surface area (TPSA) is 99.7 Å². The molecule has 37 heavy (non-hydrogen) atoms. The standard InChI is InChI=1S/C26H26FN9O/c1-15-9-21(34(2)3)36(33-15)20-8-5-16(10-19(20)27)13-35-25-18(12-31-35)11-28-24(32-25)22-23(17-6-7-17)29-14-30-26(22)37-4/h5,8-12,14,17H,6-7,13H2,1-4H3. The van der Waals surface area contributed by atoms with Gasteiger partial charge < -0.3 is 9.64 Å². The molecule has 1 fully saturated rings. The van der Waals surface area contributed by atoms with Crippen molar-refractivity contribution < 1.29 is 9.13 Å². The molecule has 1 saturated carbocycles. The van der Waals surface area contributed by atoms with Gasteiger partial charge in [-0.25, -0.2) is 33.7 Å². The Balaban J connectivity index is 1.35. The smallest absolute Gasteiger partial charge is 0.227 e. The van der Waals surface area contributed by atoms with Crippen molar-refractivity contribution in [3.63, 3.8) is 0 Å². The van der Waals surface area contributed by atoms with Gasteiger partial charge >= 0.3 is 0 Å². The van der Waals surface area contributed by atoms with Crippen LogP contribution in [0.2, 0.25) is 0 Å². The molecule has 1 aliphatic rings. The molecular formula is C26H26FN9O. The van der Waals surface area contributed by atoms with Crippen LogP contribution in [-0.4, -0.2) is 60.7 Å². The first kappa shape index (κ1) is 23.0. The van der Waals surface area contributed by atoms with E-state index in [9.17, 15) is 0 Å². The molecule has 4 heterocycles. The maximum absolute atomic E-state index is 15.3. The molecule has 11 heteroatoms. The Morgan fingerprint density at radius 3 is 2.68 bits per heavy atom. The molecule has 0 spiro atoms. The summed E-state index contributed by atoms with van der Waals surface area (Å²) < 4.78 is 24.1. The molecule has 0 aliphatic heterocycles. The fourth-order valence-corrected chi connectivity index (χ4v) is 4.49. The van der Waals surface area contributed by atoms with Gasteiger partial charge in [-0.1, -0.05) is 6.07 Å². The van der Waals surface area contributed by atoms with Gasteiger partial charge in [0.1, 0.15) is 29.2 Å². The fraction of sp³-hybridized carbons (Fsp3) is 0.308. The van der Waals surface area contributed by atoms with E-state index in [4.69, 9.17) is 9.72 Å². The number of ether oxygens (including phenoxy) is 1. The highest BCUT2D eigenvalue weighted by atomic mass is 19.1. The minimum absolute atomic E-state index is 0.341. The van der Waals surface area contributed by atoms with Crippen LogP contribution in [-0.2, 0) is 6.54 Å². The maximum Gasteiger partial charge on any atom is 0.227 e. The van der Waals surface area contributed by atoms with Crippen molar-refractivity contribution in [3.8, 4) is 23.0 Å². The summed E-state index contributed by atoms with van der Waals surface area (Å²) in [6.45, 7) is 2.23. The summed E-state index contributed by atoms with van der Waals surface area (Å²) in [4.78, 5) is 20.1. The SMILES string of the molecule is COc1ncnc(C2CC2)c1-c1ncc2cnn(Cc3ccc(-n4nc(C)cc4N(C)C)c(F)c3)c2n1. The van der Waals surface area contributed by atoms with Crippen molar-refractivity contribution >= 4 is 16.9 Å². The third-order valence-corrected chi connectivity index (χ3v) is 6.44. The van der Waals surface area contributed by atoms with Crippen LogP contribution in [0.5, 0.6) is 5.88 Å². The van der Waals surface area contributed by atoms with Gasteiger partial charge in [-0.3, -0.25) is 0 Å². The summed E-state index contributed by atoms with van der Waals surface area (Å²) >= 11 is 0. The van der Waals surface area contributed by atoms with Gasteiger partial charge in [-0.15, -0.1) is 0 Å². The first-order chi connectivity index (χ1) is 17.9. The lowest BCUT2D eigenvalue weighted by Crippen LogP contribution is -2.15. The summed E-state index contributed by atoms with van der Waals surface area (Å²) in [5.41, 5.74) is 4.21. The van der Waals surface area contributed by atoms with E-state index in [0.29, 0.717) is 41.1 Å². The highest BCUT2D eigenvalue weighted by Gasteiger charge is 2.31. The highest BCUT2D eigenvalue weighted by molar-refractivity contribution is 5.77. The molecule has 4 aromatic heterocycles. The van der Waals surface area contributed by atoms with Crippen molar-refractivity contribution in [2.75, 3.05) is 26.1 Å². The second-order valence-corrected chi connectivity index (χ2v) is 9.43. The van der Waals surface area contributed by atoms with Gasteiger partial charge in [0.25, 0.3) is 0 Å². The third kappa shape index (κ3) is 4.15. The monoisotopic (exact) mass is 499 g/mol. The lowest BCUT2D eigenvalue weighted by atomic mass is 10.1. The number of hydrogen-bond acceptors (Lipinski definition) is 8. The molecule has 0 amide bonds. The molecule has 0 radical (unpaired) electrons. The van der Waals surface area contributed by atoms with Crippen molar-refractivity contribution in [1.29, 1.82) is 0 Å². The Bertz CT molecular complexity index is 1620. The Morgan fingerprint density at radius 2 is 1.95 bits per heavy atom. The molecule has 0 atom stereocenters. The maximum atomic E-state index is 15.3. The summed E-state index contributed by atoms with van der Waals surface area (Å²) in [7, 11) is 5.39. The summed E-state index contributed by atoms with van der Waals surface area (Å²) in [5, 5.41) is 9.74. The lowest BCUT2D eigenvalue weighted by molar-refractivity contribution is 0.397. The minimum atomic E-state index is -0.365. The average molecular weight is 500 g/mol. The van der Waals surface area contributed by atoms with Crippen molar-refractivity contribution in [1.82, 2.24) is 39.5 Å². The van der Waals surface area contributed by atoms with E-state index in [-0.39, 0.29) is 5.82 Å². The van der Waals surface area contributed by atoms with Crippen LogP contribution < -0.4 is 9.64 Å². The molecule has 1 aromatic carbocycles. The largest absolute Gasteiger partial charge is 0.480 e. The second kappa shape index (κ2) is 8.91. The van der Waals surface area contributed by atoms with E-state index < -0.39 is 0 Å². The zero-order chi connectivity index (χ0) is 25.7. The van der Waals surface area contributed by atoms with Crippen molar-refractivity contribution in [2.24, 2.45) is 0 Å². The summed E-state index contributed by atoms with van der Waals surface area (Å²) in [6, 6.07) is 7.05. The van der Waals surface area contributed by atoms with Gasteiger partial charge in [-0.05, 0) is 37.5 Å². The van der Waals surface area contributed by atoms with Gasteiger partial charge in [-0.2, -0.15) is 10.2 Å². The number of aryl methyl sites for hydroxylation is 1. The van der Waals surface area contributed by atoms with E-state index in [1.807, 2.05) is 38.1 Å². The predicted octanol–water partition coefficient (Wildman–Crippen LogP) is 3.92. The van der Waals surface area contributed by atoms with Crippen LogP contribution in [0.3, 0.4) is 0 Å². The van der Waals surface area contributed by atoms with Crippen LogP contribution in [0.4, 0.5) is 10.2 Å². The number of halogens is 1. The molecule has 0 unspecified atom stereocenters. The predicted molar refractivity (Wildman–Crippen MR) is 137 cm³/mol. The van der Waals surface area contributed by atoms with Crippen molar-refractivity contribution in [3.05, 3.63) is 65.8 Å². The fourth-order valence-electron chi connectivity index (χ4n) is 4.49. The van der Waals surface area contributed by atoms with E-state index in [0.717, 1.165) is 41.0 Å². The summed E-state index contributed by atoms with van der Waals surface area (Å²) in [5.74, 6) is 1.74. The number of aromatic nitrogens is 8. The Kier molecular flexibility index (Phi) is 5.54. The van der Waals surface area contributed by atoms with Gasteiger partial charge in [0, 0.05) is 32.3 Å². The van der Waals surface area contributed by atoms with Crippen LogP contribution in [0, 0.1) is 12.7 Å². The van der Waals surface area contributed by atoms with Crippen molar-refractivity contribution in [2.45, 2.75) is 32.2 Å². The second-order valence-electron chi connectivity index (χ2n) is 9.43. The molecule has 1 aliphatic carbocycles.